The van der Waals surface area contributed by atoms with Gasteiger partial charge in [0.25, 0.3) is 0 Å². The molecule has 0 atom stereocenters. The van der Waals surface area contributed by atoms with Crippen molar-refractivity contribution in [3.8, 4) is 11.3 Å². The summed E-state index contributed by atoms with van der Waals surface area (Å²) in [5.41, 5.74) is 3.02. The van der Waals surface area contributed by atoms with Crippen LogP contribution in [0.2, 0.25) is 0 Å². The van der Waals surface area contributed by atoms with Crippen molar-refractivity contribution in [3.05, 3.63) is 78.6 Å². The minimum Gasteiger partial charge on any atom is -0.457 e. The van der Waals surface area contributed by atoms with Crippen molar-refractivity contribution < 1.29 is 9.21 Å². The van der Waals surface area contributed by atoms with Gasteiger partial charge in [0.1, 0.15) is 11.5 Å². The highest BCUT2D eigenvalue weighted by atomic mass is 16.3. The Balaban J connectivity index is 1.33. The summed E-state index contributed by atoms with van der Waals surface area (Å²) in [7, 11) is 0. The van der Waals surface area contributed by atoms with Crippen LogP contribution in [0.25, 0.3) is 17.4 Å². The third kappa shape index (κ3) is 4.96. The molecule has 0 saturated carbocycles. The molecule has 0 radical (unpaired) electrons. The topological polar surface area (TPSA) is 45.5 Å². The summed E-state index contributed by atoms with van der Waals surface area (Å²) < 4.78 is 5.79. The van der Waals surface area contributed by atoms with Crippen LogP contribution in [0.15, 0.2) is 77.2 Å². The summed E-state index contributed by atoms with van der Waals surface area (Å²) >= 11 is 0. The molecule has 1 aliphatic heterocycles. The molecule has 1 N–H and O–H groups in total. The molecule has 1 amide bonds. The van der Waals surface area contributed by atoms with Gasteiger partial charge in [0.2, 0.25) is 5.91 Å². The summed E-state index contributed by atoms with van der Waals surface area (Å²) in [6.07, 6.45) is 5.66. The van der Waals surface area contributed by atoms with Gasteiger partial charge in [-0.05, 0) is 61.2 Å². The Kier molecular flexibility index (Phi) is 5.80. The monoisotopic (exact) mass is 386 g/mol. The van der Waals surface area contributed by atoms with Gasteiger partial charge in [-0.2, -0.15) is 0 Å². The molecule has 4 nitrogen and oxygen atoms in total. The number of nitrogens with one attached hydrogen (secondary N) is 1. The lowest BCUT2D eigenvalue weighted by atomic mass is 9.99. The fourth-order valence-corrected chi connectivity index (χ4v) is 3.56. The van der Waals surface area contributed by atoms with E-state index in [1.807, 2.05) is 54.6 Å². The second kappa shape index (κ2) is 8.82. The van der Waals surface area contributed by atoms with Crippen LogP contribution in [-0.2, 0) is 4.79 Å². The molecule has 0 aliphatic carbocycles. The number of piperidine rings is 1. The van der Waals surface area contributed by atoms with Crippen LogP contribution in [0.1, 0.15) is 25.5 Å². The second-order valence-electron chi connectivity index (χ2n) is 7.61. The SMILES string of the molecule is CC1CCN(c2ccc(NC(=O)/C=C/c3ccc(-c4ccccc4)o3)cc2)CC1. The van der Waals surface area contributed by atoms with Crippen LogP contribution in [0, 0.1) is 5.92 Å². The van der Waals surface area contributed by atoms with Gasteiger partial charge in [0.05, 0.1) is 0 Å². The Labute approximate surface area is 171 Å². The normalized spacial score (nSPS) is 15.0. The predicted octanol–water partition coefficient (Wildman–Crippen LogP) is 5.83. The van der Waals surface area contributed by atoms with Crippen molar-refractivity contribution in [2.45, 2.75) is 19.8 Å². The maximum Gasteiger partial charge on any atom is 0.248 e. The van der Waals surface area contributed by atoms with Crippen LogP contribution in [0.3, 0.4) is 0 Å². The van der Waals surface area contributed by atoms with Gasteiger partial charge in [-0.15, -0.1) is 0 Å². The van der Waals surface area contributed by atoms with E-state index in [0.29, 0.717) is 5.76 Å². The van der Waals surface area contributed by atoms with E-state index in [-0.39, 0.29) is 5.91 Å². The van der Waals surface area contributed by atoms with Crippen molar-refractivity contribution in [1.29, 1.82) is 0 Å². The molecule has 1 saturated heterocycles. The molecule has 1 aliphatic rings. The molecular weight excluding hydrogens is 360 g/mol. The second-order valence-corrected chi connectivity index (χ2v) is 7.61. The molecule has 2 heterocycles. The van der Waals surface area contributed by atoms with E-state index >= 15 is 0 Å². The first-order chi connectivity index (χ1) is 14.2. The van der Waals surface area contributed by atoms with Crippen molar-refractivity contribution in [3.63, 3.8) is 0 Å². The Morgan fingerprint density at radius 1 is 1.00 bits per heavy atom. The molecule has 1 fully saturated rings. The van der Waals surface area contributed by atoms with Crippen LogP contribution in [0.4, 0.5) is 11.4 Å². The number of carbonyl (C=O) groups is 1. The first kappa shape index (κ1) is 19.1. The number of carbonyl (C=O) groups excluding carboxylic acids is 1. The zero-order valence-corrected chi connectivity index (χ0v) is 16.7. The highest BCUT2D eigenvalue weighted by Crippen LogP contribution is 2.25. The third-order valence-corrected chi connectivity index (χ3v) is 5.37. The van der Waals surface area contributed by atoms with Crippen LogP contribution in [0.5, 0.6) is 0 Å². The highest BCUT2D eigenvalue weighted by molar-refractivity contribution is 6.01. The van der Waals surface area contributed by atoms with Crippen molar-refractivity contribution in [2.24, 2.45) is 5.92 Å². The van der Waals surface area contributed by atoms with Crippen LogP contribution >= 0.6 is 0 Å². The predicted molar refractivity (Wildman–Crippen MR) is 119 cm³/mol. The lowest BCUT2D eigenvalue weighted by molar-refractivity contribution is -0.111. The van der Waals surface area contributed by atoms with Crippen molar-refractivity contribution >= 4 is 23.4 Å². The molecule has 0 bridgehead atoms. The molecule has 29 heavy (non-hydrogen) atoms. The van der Waals surface area contributed by atoms with Gasteiger partial charge >= 0.3 is 0 Å². The third-order valence-electron chi connectivity index (χ3n) is 5.37. The average molecular weight is 386 g/mol. The number of anilines is 2. The standard InChI is InChI=1S/C25H26N2O2/c1-19-15-17-27(18-16-19)22-9-7-21(8-10-22)26-25(28)14-12-23-11-13-24(29-23)20-5-3-2-4-6-20/h2-14,19H,15-18H2,1H3,(H,26,28)/b14-12+. The fourth-order valence-electron chi connectivity index (χ4n) is 3.56. The Morgan fingerprint density at radius 3 is 2.45 bits per heavy atom. The number of hydrogen-bond acceptors (Lipinski definition) is 3. The highest BCUT2D eigenvalue weighted by Gasteiger charge is 2.15. The fraction of sp³-hybridized carbons (Fsp3) is 0.240. The number of benzene rings is 2. The Hall–Kier alpha value is -3.27. The molecule has 1 aromatic heterocycles. The molecule has 148 valence electrons. The van der Waals surface area contributed by atoms with Crippen molar-refractivity contribution in [1.82, 2.24) is 0 Å². The van der Waals surface area contributed by atoms with Gasteiger partial charge in [0.15, 0.2) is 0 Å². The Bertz CT molecular complexity index is 966. The summed E-state index contributed by atoms with van der Waals surface area (Å²) in [5, 5.41) is 2.90. The first-order valence-corrected chi connectivity index (χ1v) is 10.2. The lowest BCUT2D eigenvalue weighted by Gasteiger charge is -2.32. The first-order valence-electron chi connectivity index (χ1n) is 10.2. The molecule has 2 aromatic carbocycles. The minimum absolute atomic E-state index is 0.179. The van der Waals surface area contributed by atoms with Gasteiger partial charge < -0.3 is 14.6 Å². The molecule has 0 spiro atoms. The Morgan fingerprint density at radius 2 is 1.72 bits per heavy atom. The van der Waals surface area contributed by atoms with E-state index in [2.05, 4.69) is 29.3 Å². The maximum atomic E-state index is 12.2. The maximum absolute atomic E-state index is 12.2. The largest absolute Gasteiger partial charge is 0.457 e. The van der Waals surface area contributed by atoms with E-state index in [1.54, 1.807) is 6.08 Å². The van der Waals surface area contributed by atoms with E-state index in [4.69, 9.17) is 4.42 Å². The van der Waals surface area contributed by atoms with Gasteiger partial charge in [-0.3, -0.25) is 4.79 Å². The van der Waals surface area contributed by atoms with Gasteiger partial charge in [-0.1, -0.05) is 37.3 Å². The molecule has 3 aromatic rings. The number of nitrogens with zero attached hydrogens (tertiary/aromatic N) is 1. The van der Waals surface area contributed by atoms with E-state index in [9.17, 15) is 4.79 Å². The van der Waals surface area contributed by atoms with Crippen LogP contribution in [-0.4, -0.2) is 19.0 Å². The smallest absolute Gasteiger partial charge is 0.248 e. The summed E-state index contributed by atoms with van der Waals surface area (Å²) in [4.78, 5) is 14.6. The van der Waals surface area contributed by atoms with Crippen molar-refractivity contribution in [2.75, 3.05) is 23.3 Å². The van der Waals surface area contributed by atoms with Crippen LogP contribution < -0.4 is 10.2 Å². The number of rotatable bonds is 5. The number of amides is 1. The minimum atomic E-state index is -0.179. The summed E-state index contributed by atoms with van der Waals surface area (Å²) in [6, 6.07) is 21.7. The van der Waals surface area contributed by atoms with Gasteiger partial charge in [0, 0.05) is 36.1 Å². The number of furan rings is 1. The lowest BCUT2D eigenvalue weighted by Crippen LogP contribution is -2.32. The number of hydrogen-bond donors (Lipinski definition) is 1. The molecule has 4 heteroatoms. The zero-order chi connectivity index (χ0) is 20.1. The van der Waals surface area contributed by atoms with E-state index < -0.39 is 0 Å². The average Bonchev–Trinajstić information content (AvgIpc) is 3.23. The van der Waals surface area contributed by atoms with Gasteiger partial charge in [-0.25, -0.2) is 0 Å². The molecular formula is C25H26N2O2. The molecule has 4 rings (SSSR count). The quantitative estimate of drug-likeness (QED) is 0.561. The van der Waals surface area contributed by atoms with E-state index in [0.717, 1.165) is 36.0 Å². The van der Waals surface area contributed by atoms with E-state index in [1.165, 1.54) is 24.6 Å². The zero-order valence-electron chi connectivity index (χ0n) is 16.7. The molecule has 0 unspecified atom stereocenters. The summed E-state index contributed by atoms with van der Waals surface area (Å²) in [6.45, 7) is 4.52. The summed E-state index contributed by atoms with van der Waals surface area (Å²) in [5.74, 6) is 2.07.